The van der Waals surface area contributed by atoms with Crippen molar-refractivity contribution in [3.63, 3.8) is 0 Å². The first-order valence-corrected chi connectivity index (χ1v) is 36.6. The van der Waals surface area contributed by atoms with Gasteiger partial charge in [0.2, 0.25) is 5.91 Å². The van der Waals surface area contributed by atoms with Gasteiger partial charge in [0, 0.05) is 51.3 Å². The van der Waals surface area contributed by atoms with Crippen molar-refractivity contribution in [2.24, 2.45) is 5.73 Å². The molecular weight excluding hydrogens is 1580 g/mol. The number of anilines is 2. The molecule has 0 radical (unpaired) electrons. The lowest BCUT2D eigenvalue weighted by atomic mass is 10.1. The number of aromatic carboxylic acids is 1. The summed E-state index contributed by atoms with van der Waals surface area (Å²) in [5, 5.41) is 31.0. The van der Waals surface area contributed by atoms with Crippen LogP contribution in [0.5, 0.6) is 0 Å². The van der Waals surface area contributed by atoms with Crippen LogP contribution in [0.4, 0.5) is 11.6 Å². The zero-order chi connectivity index (χ0) is 73.3. The van der Waals surface area contributed by atoms with Crippen molar-refractivity contribution in [2.75, 3.05) is 52.9 Å². The van der Waals surface area contributed by atoms with Crippen LogP contribution in [-0.4, -0.2) is 121 Å². The Kier molecular flexibility index (Phi) is 32.7. The Balaban J connectivity index is 0.000000263. The number of nitrogens with zero attached hydrogens (tertiary/aromatic N) is 6. The number of hydrogen-bond acceptors (Lipinski definition) is 15. The van der Waals surface area contributed by atoms with Crippen molar-refractivity contribution in [3.8, 4) is 41.7 Å². The Bertz CT molecular complexity index is 4390. The van der Waals surface area contributed by atoms with E-state index in [-0.39, 0.29) is 52.4 Å². The number of esters is 3. The standard InChI is InChI=1S/C21H21ClN6O3.C13H15ClO2Si.C10H7ClO2.C9H11BrN4.C8H6BrClO2.C7H4BrClO2/c1-3-17(29)27-9-8-14(11-27)28-19(23)18(20(24)30)16(26-28)7-5-12-10-13(21(31)25-2)4-6-15(12)22;1-16-13(15)11-5-6-12(14)10(9-11)7-8-17(2,3)4;1-3-7-6-8(10(12)13-2)4-5-9(7)11;10-8-7(5-11)9(12)14(13-8)6-3-1-2-4-6;1-12-8(11)5-2-3-7(10)6(9)4-5;8-5-3-4(7(10)11)1-2-6(5)9/h3-4,6,10,14H,1,8-9,11,23H2,2H3,(H2,24,30)(H,25,31);5-6,9H,1-4H3;1,4-6H,2H3;6H,1-4,12H2;2-4H,1H3;1-3H,(H,10,11)/t14-;;;;;/m0...../s1. The van der Waals surface area contributed by atoms with Crippen LogP contribution in [-0.2, 0) is 19.0 Å². The number of benzene rings is 5. The number of halogens is 8. The Labute approximate surface area is 617 Å². The number of methoxy groups -OCH3 is 3. The number of rotatable bonds is 9. The largest absolute Gasteiger partial charge is 0.478 e. The topological polar surface area (TPSA) is 320 Å². The van der Waals surface area contributed by atoms with E-state index in [1.807, 2.05) is 0 Å². The molecule has 512 valence electrons. The van der Waals surface area contributed by atoms with E-state index in [0.717, 1.165) is 12.8 Å². The number of carbonyl (C=O) groups is 7. The summed E-state index contributed by atoms with van der Waals surface area (Å²) in [5.74, 6) is 8.25. The molecule has 9 rings (SSSR count). The average Bonchev–Trinajstić information content (AvgIpc) is 1.64. The van der Waals surface area contributed by atoms with E-state index in [1.165, 1.54) is 82.3 Å². The summed E-state index contributed by atoms with van der Waals surface area (Å²) in [6.07, 6.45) is 11.7. The van der Waals surface area contributed by atoms with Crippen LogP contribution in [0.25, 0.3) is 0 Å². The molecule has 0 unspecified atom stereocenters. The zero-order valence-corrected chi connectivity index (χ0v) is 63.1. The van der Waals surface area contributed by atoms with Crippen LogP contribution < -0.4 is 22.5 Å². The molecule has 2 aromatic heterocycles. The molecule has 8 N–H and O–H groups in total. The number of hydrogen-bond donors (Lipinski definition) is 5. The molecule has 21 nitrogen and oxygen atoms in total. The number of nitrogens with two attached hydrogens (primary N) is 3. The van der Waals surface area contributed by atoms with Crippen LogP contribution in [0.3, 0.4) is 0 Å². The zero-order valence-electron chi connectivity index (χ0n) is 53.6. The van der Waals surface area contributed by atoms with Gasteiger partial charge in [0.15, 0.2) is 5.69 Å². The van der Waals surface area contributed by atoms with E-state index in [4.69, 9.17) is 92.0 Å². The summed E-state index contributed by atoms with van der Waals surface area (Å²) < 4.78 is 18.8. The quantitative estimate of drug-likeness (QED) is 0.0295. The predicted octanol–water partition coefficient (Wildman–Crippen LogP) is 14.3. The van der Waals surface area contributed by atoms with E-state index in [0.29, 0.717) is 115 Å². The summed E-state index contributed by atoms with van der Waals surface area (Å²) in [6.45, 7) is 10.8. The number of carbonyl (C=O) groups excluding carboxylic acids is 6. The van der Waals surface area contributed by atoms with Crippen LogP contribution in [0.15, 0.2) is 117 Å². The van der Waals surface area contributed by atoms with Crippen molar-refractivity contribution in [2.45, 2.75) is 63.8 Å². The van der Waals surface area contributed by atoms with Crippen LogP contribution in [0.1, 0.15) is 134 Å². The summed E-state index contributed by atoms with van der Waals surface area (Å²) in [4.78, 5) is 81.2. The normalized spacial score (nSPS) is 12.5. The minimum absolute atomic E-state index is 0.000393. The first-order valence-electron chi connectivity index (χ1n) is 28.8. The molecule has 98 heavy (non-hydrogen) atoms. The second-order valence-corrected chi connectivity index (χ2v) is 30.7. The van der Waals surface area contributed by atoms with E-state index < -0.39 is 25.9 Å². The summed E-state index contributed by atoms with van der Waals surface area (Å²) in [7, 11) is 4.07. The highest BCUT2D eigenvalue weighted by atomic mass is 79.9. The highest BCUT2D eigenvalue weighted by molar-refractivity contribution is 9.11. The van der Waals surface area contributed by atoms with Crippen molar-refractivity contribution in [1.29, 1.82) is 5.26 Å². The van der Waals surface area contributed by atoms with Gasteiger partial charge < -0.3 is 46.7 Å². The number of aromatic nitrogens is 4. The van der Waals surface area contributed by atoms with Gasteiger partial charge in [0.05, 0.1) is 80.8 Å². The first-order chi connectivity index (χ1) is 46.3. The molecule has 3 amide bonds. The fourth-order valence-corrected chi connectivity index (χ4v) is 11.1. The Morgan fingerprint density at radius 3 is 1.56 bits per heavy atom. The van der Waals surface area contributed by atoms with Crippen molar-refractivity contribution < 1.29 is 52.9 Å². The van der Waals surface area contributed by atoms with Crippen molar-refractivity contribution in [3.05, 3.63) is 204 Å². The molecule has 7 aromatic rings. The first kappa shape index (κ1) is 81.9. The summed E-state index contributed by atoms with van der Waals surface area (Å²) in [5.41, 5.74) is 24.8. The van der Waals surface area contributed by atoms with E-state index in [2.05, 4.69) is 139 Å². The molecule has 2 aliphatic rings. The predicted molar refractivity (Wildman–Crippen MR) is 393 cm³/mol. The second-order valence-electron chi connectivity index (χ2n) is 21.5. The maximum atomic E-state index is 12.0. The van der Waals surface area contributed by atoms with Gasteiger partial charge in [-0.3, -0.25) is 14.4 Å². The van der Waals surface area contributed by atoms with Crippen LogP contribution in [0.2, 0.25) is 44.8 Å². The number of ether oxygens (including phenoxy) is 3. The number of carboxylic acid groups (broad SMARTS) is 1. The van der Waals surface area contributed by atoms with Crippen LogP contribution >= 0.6 is 106 Å². The molecule has 1 saturated heterocycles. The Hall–Kier alpha value is -8.57. The molecule has 30 heteroatoms. The molecule has 1 atom stereocenters. The molecule has 1 aliphatic heterocycles. The summed E-state index contributed by atoms with van der Waals surface area (Å²) >= 11 is 38.9. The van der Waals surface area contributed by atoms with Gasteiger partial charge >= 0.3 is 23.9 Å². The Morgan fingerprint density at radius 1 is 0.663 bits per heavy atom. The monoisotopic (exact) mass is 1640 g/mol. The number of likely N-dealkylation sites (tertiary alicyclic amines) is 1. The van der Waals surface area contributed by atoms with Crippen LogP contribution in [0, 0.1) is 47.0 Å². The number of nitrogen functional groups attached to an aromatic ring is 2. The highest BCUT2D eigenvalue weighted by Crippen LogP contribution is 2.34. The third-order valence-corrected chi connectivity index (χ3v) is 18.5. The van der Waals surface area contributed by atoms with Gasteiger partial charge in [-0.1, -0.05) is 115 Å². The smallest absolute Gasteiger partial charge is 0.337 e. The number of terminal acetylenes is 1. The van der Waals surface area contributed by atoms with Gasteiger partial charge in [-0.25, -0.2) is 28.5 Å². The number of nitrogens with one attached hydrogen (secondary N) is 1. The third kappa shape index (κ3) is 23.9. The maximum absolute atomic E-state index is 12.0. The SMILES string of the molecule is C#Cc1cc(C(=O)OC)ccc1Cl.C=CC(=O)N1CC[C@H](n2nc(C#Cc3cc(C(=O)NC)ccc3Cl)c(C(N)=O)c2N)C1.COC(=O)c1ccc(Cl)c(Br)c1.COC(=O)c1ccc(Cl)c(C#C[Si](C)(C)C)c1.N#Cc1c(Br)nn(C2CCCC2)c1N.O=C(O)c1ccc(Cl)c(Br)c1. The van der Waals surface area contributed by atoms with Crippen molar-refractivity contribution >= 4 is 167 Å². The van der Waals surface area contributed by atoms with E-state index in [1.54, 1.807) is 70.2 Å². The number of amides is 3. The molecule has 3 heterocycles. The van der Waals surface area contributed by atoms with Gasteiger partial charge in [-0.05, 0) is 170 Å². The van der Waals surface area contributed by atoms with E-state index >= 15 is 0 Å². The fraction of sp³-hybridized carbons (Fsp3) is 0.235. The fourth-order valence-electron chi connectivity index (χ4n) is 8.68. The molecule has 2 fully saturated rings. The minimum atomic E-state index is -1.45. The number of carboxylic acids is 1. The third-order valence-electron chi connectivity index (χ3n) is 13.7. The van der Waals surface area contributed by atoms with Crippen molar-refractivity contribution in [1.82, 2.24) is 29.8 Å². The van der Waals surface area contributed by atoms with Gasteiger partial charge in [-0.2, -0.15) is 15.5 Å². The lowest BCUT2D eigenvalue weighted by Crippen LogP contribution is -2.27. The number of primary amides is 1. The molecule has 0 spiro atoms. The highest BCUT2D eigenvalue weighted by Gasteiger charge is 2.31. The van der Waals surface area contributed by atoms with Gasteiger partial charge in [0.1, 0.15) is 41.5 Å². The molecule has 1 aliphatic carbocycles. The average molecular weight is 1640 g/mol. The number of nitriles is 1. The van der Waals surface area contributed by atoms with E-state index in [9.17, 15) is 33.6 Å². The molecule has 1 saturated carbocycles. The molecule has 5 aromatic carbocycles. The second kappa shape index (κ2) is 39.1. The maximum Gasteiger partial charge on any atom is 0.337 e. The minimum Gasteiger partial charge on any atom is -0.478 e. The van der Waals surface area contributed by atoms with Gasteiger partial charge in [0.25, 0.3) is 11.8 Å². The lowest BCUT2D eigenvalue weighted by molar-refractivity contribution is -0.125. The van der Waals surface area contributed by atoms with Gasteiger partial charge in [-0.15, -0.1) is 12.0 Å². The lowest BCUT2D eigenvalue weighted by Gasteiger charge is -2.15. The summed E-state index contributed by atoms with van der Waals surface area (Å²) in [6, 6.07) is 25.8. The Morgan fingerprint density at radius 2 is 1.11 bits per heavy atom. The molecular formula is C68H64Br3Cl5N10O11Si. The molecule has 0 bridgehead atoms.